The van der Waals surface area contributed by atoms with E-state index in [0.29, 0.717) is 11.4 Å². The first-order chi connectivity index (χ1) is 14.0. The number of hydrogen-bond acceptors (Lipinski definition) is 8. The summed E-state index contributed by atoms with van der Waals surface area (Å²) in [7, 11) is 0. The highest BCUT2D eigenvalue weighted by atomic mass is 19.4. The predicted octanol–water partition coefficient (Wildman–Crippen LogP) is 3.65. The summed E-state index contributed by atoms with van der Waals surface area (Å²) in [4.78, 5) is 18.3. The molecular weight excluding hydrogens is 389 g/mol. The molecule has 1 aromatic carbocycles. The summed E-state index contributed by atoms with van der Waals surface area (Å²) in [6.45, 7) is -1.42. The van der Waals surface area contributed by atoms with E-state index in [9.17, 15) is 13.2 Å². The smallest absolute Gasteiger partial charge is 0.422 e. The molecule has 0 bridgehead atoms. The van der Waals surface area contributed by atoms with Gasteiger partial charge in [-0.05, 0) is 18.2 Å². The molecule has 8 nitrogen and oxygen atoms in total. The van der Waals surface area contributed by atoms with Crippen LogP contribution in [0.4, 0.5) is 18.9 Å². The Morgan fingerprint density at radius 3 is 2.66 bits per heavy atom. The molecule has 4 rings (SSSR count). The Morgan fingerprint density at radius 2 is 1.93 bits per heavy atom. The number of halogens is 3. The minimum Gasteiger partial charge on any atom is -0.468 e. The van der Waals surface area contributed by atoms with Gasteiger partial charge in [0.25, 0.3) is 5.89 Å². The lowest BCUT2D eigenvalue weighted by molar-refractivity contribution is -0.154. The van der Waals surface area contributed by atoms with Crippen LogP contribution in [0, 0.1) is 0 Å². The molecule has 2 aromatic heterocycles. The van der Waals surface area contributed by atoms with E-state index in [1.807, 2.05) is 30.3 Å². The van der Waals surface area contributed by atoms with Gasteiger partial charge in [0.05, 0.1) is 11.9 Å². The molecule has 0 aliphatic carbocycles. The Hall–Kier alpha value is -3.76. The van der Waals surface area contributed by atoms with Crippen LogP contribution in [0.1, 0.15) is 12.0 Å². The van der Waals surface area contributed by atoms with Crippen LogP contribution < -0.4 is 9.64 Å². The second-order valence-electron chi connectivity index (χ2n) is 5.89. The second-order valence-corrected chi connectivity index (χ2v) is 5.89. The van der Waals surface area contributed by atoms with Crippen molar-refractivity contribution >= 4 is 18.4 Å². The Kier molecular flexibility index (Phi) is 4.94. The molecule has 148 valence electrons. The van der Waals surface area contributed by atoms with Crippen molar-refractivity contribution in [1.82, 2.24) is 15.1 Å². The van der Waals surface area contributed by atoms with E-state index in [1.54, 1.807) is 11.2 Å². The number of pyridine rings is 1. The second kappa shape index (κ2) is 7.70. The Morgan fingerprint density at radius 1 is 1.10 bits per heavy atom. The lowest BCUT2D eigenvalue weighted by Crippen LogP contribution is -2.29. The maximum atomic E-state index is 12.2. The highest BCUT2D eigenvalue weighted by molar-refractivity contribution is 5.87. The van der Waals surface area contributed by atoms with Crippen LogP contribution in [0.15, 0.2) is 63.2 Å². The lowest BCUT2D eigenvalue weighted by Gasteiger charge is -2.26. The first kappa shape index (κ1) is 18.6. The third-order valence-corrected chi connectivity index (χ3v) is 3.82. The van der Waals surface area contributed by atoms with E-state index in [-0.39, 0.29) is 11.8 Å². The number of alkyl halides is 3. The van der Waals surface area contributed by atoms with Gasteiger partial charge in [-0.25, -0.2) is 15.0 Å². The van der Waals surface area contributed by atoms with E-state index >= 15 is 0 Å². The summed E-state index contributed by atoms with van der Waals surface area (Å²) in [5.74, 6) is 0.290. The molecule has 0 fully saturated rings. The zero-order valence-electron chi connectivity index (χ0n) is 14.7. The van der Waals surface area contributed by atoms with Crippen molar-refractivity contribution in [2.24, 2.45) is 9.98 Å². The summed E-state index contributed by atoms with van der Waals surface area (Å²) >= 11 is 0. The molecule has 29 heavy (non-hydrogen) atoms. The molecule has 1 aliphatic heterocycles. The van der Waals surface area contributed by atoms with Crippen molar-refractivity contribution in [3.63, 3.8) is 0 Å². The molecule has 3 heterocycles. The Labute approximate surface area is 162 Å². The molecule has 0 spiro atoms. The number of hydrogen-bond donors (Lipinski definition) is 0. The number of benzene rings is 1. The van der Waals surface area contributed by atoms with Gasteiger partial charge in [0, 0.05) is 18.0 Å². The molecule has 1 atom stereocenters. The molecule has 0 saturated carbocycles. The van der Waals surface area contributed by atoms with Gasteiger partial charge in [-0.15, -0.1) is 0 Å². The van der Waals surface area contributed by atoms with Crippen LogP contribution in [-0.4, -0.2) is 40.6 Å². The van der Waals surface area contributed by atoms with Crippen LogP contribution in [0.25, 0.3) is 11.5 Å². The topological polar surface area (TPSA) is 89.0 Å². The fraction of sp³-hybridized carbons (Fsp3) is 0.167. The molecule has 1 unspecified atom stereocenters. The molecule has 3 aromatic rings. The van der Waals surface area contributed by atoms with Crippen molar-refractivity contribution in [3.05, 3.63) is 54.5 Å². The third-order valence-electron chi connectivity index (χ3n) is 3.82. The van der Waals surface area contributed by atoms with Gasteiger partial charge in [0.15, 0.2) is 12.8 Å². The predicted molar refractivity (Wildman–Crippen MR) is 97.7 cm³/mol. The summed E-state index contributed by atoms with van der Waals surface area (Å²) in [6, 6.07) is 12.2. The molecule has 11 heteroatoms. The average molecular weight is 402 g/mol. The minimum absolute atomic E-state index is 0.153. The van der Waals surface area contributed by atoms with E-state index in [1.165, 1.54) is 24.7 Å². The average Bonchev–Trinajstić information content (AvgIpc) is 3.23. The summed E-state index contributed by atoms with van der Waals surface area (Å²) in [5.41, 5.74) is 1.28. The first-order valence-electron chi connectivity index (χ1n) is 8.37. The molecule has 0 amide bonds. The Balaban J connectivity index is 1.52. The van der Waals surface area contributed by atoms with Crippen LogP contribution in [-0.2, 0) is 0 Å². The number of ether oxygens (including phenoxy) is 1. The third kappa shape index (κ3) is 4.39. The van der Waals surface area contributed by atoms with Gasteiger partial charge in [0.1, 0.15) is 6.34 Å². The SMILES string of the molecule is FC(F)(F)COc1ccc(-c2nc(C3N=CN=CN3c3ccccc3)no2)cn1. The standard InChI is InChI=1S/C18H13F3N6O2/c19-18(20,21)9-28-14-7-6-12(8-23-14)17-25-15(26-29-17)16-24-10-22-11-27(16)13-4-2-1-3-5-13/h1-8,10-11,16H,9H2. The van der Waals surface area contributed by atoms with Crippen LogP contribution in [0.3, 0.4) is 0 Å². The molecule has 0 radical (unpaired) electrons. The van der Waals surface area contributed by atoms with Gasteiger partial charge >= 0.3 is 6.18 Å². The monoisotopic (exact) mass is 402 g/mol. The van der Waals surface area contributed by atoms with Crippen LogP contribution in [0.2, 0.25) is 0 Å². The molecule has 1 aliphatic rings. The molecule has 0 saturated heterocycles. The number of rotatable bonds is 5. The van der Waals surface area contributed by atoms with Gasteiger partial charge in [-0.3, -0.25) is 0 Å². The summed E-state index contributed by atoms with van der Waals surface area (Å²) < 4.78 is 46.5. The number of para-hydroxylation sites is 1. The highest BCUT2D eigenvalue weighted by Gasteiger charge is 2.29. The maximum absolute atomic E-state index is 12.2. The van der Waals surface area contributed by atoms with Crippen molar-refractivity contribution < 1.29 is 22.4 Å². The van der Waals surface area contributed by atoms with E-state index in [0.717, 1.165) is 5.69 Å². The Bertz CT molecular complexity index is 1020. The van der Waals surface area contributed by atoms with Crippen molar-refractivity contribution in [3.8, 4) is 17.3 Å². The number of nitrogens with zero attached hydrogens (tertiary/aromatic N) is 6. The van der Waals surface area contributed by atoms with Crippen molar-refractivity contribution in [1.29, 1.82) is 0 Å². The number of anilines is 1. The zero-order valence-corrected chi connectivity index (χ0v) is 14.7. The fourth-order valence-electron chi connectivity index (χ4n) is 2.54. The summed E-state index contributed by atoms with van der Waals surface area (Å²) in [6.07, 6.45) is -0.708. The quantitative estimate of drug-likeness (QED) is 0.647. The fourth-order valence-corrected chi connectivity index (χ4v) is 2.54. The minimum atomic E-state index is -4.43. The first-order valence-corrected chi connectivity index (χ1v) is 8.37. The van der Waals surface area contributed by atoms with Gasteiger partial charge in [-0.2, -0.15) is 18.2 Å². The molecular formula is C18H13F3N6O2. The number of aliphatic imine (C=N–C) groups is 2. The van der Waals surface area contributed by atoms with Gasteiger partial charge in [0.2, 0.25) is 11.7 Å². The van der Waals surface area contributed by atoms with Gasteiger partial charge < -0.3 is 14.2 Å². The van der Waals surface area contributed by atoms with Crippen molar-refractivity contribution in [2.75, 3.05) is 11.5 Å². The normalized spacial score (nSPS) is 16.2. The van der Waals surface area contributed by atoms with E-state index < -0.39 is 18.9 Å². The number of aromatic nitrogens is 3. The largest absolute Gasteiger partial charge is 0.468 e. The maximum Gasteiger partial charge on any atom is 0.422 e. The molecule has 0 N–H and O–H groups in total. The van der Waals surface area contributed by atoms with E-state index in [2.05, 4.69) is 29.8 Å². The summed E-state index contributed by atoms with van der Waals surface area (Å²) in [5, 5.41) is 3.97. The van der Waals surface area contributed by atoms with E-state index in [4.69, 9.17) is 4.52 Å². The van der Waals surface area contributed by atoms with Crippen molar-refractivity contribution in [2.45, 2.75) is 12.3 Å². The van der Waals surface area contributed by atoms with Crippen LogP contribution in [0.5, 0.6) is 5.88 Å². The lowest BCUT2D eigenvalue weighted by atomic mass is 10.2. The zero-order chi connectivity index (χ0) is 20.3. The highest BCUT2D eigenvalue weighted by Crippen LogP contribution is 2.28. The van der Waals surface area contributed by atoms with Crippen LogP contribution >= 0.6 is 0 Å². The van der Waals surface area contributed by atoms with Gasteiger partial charge in [-0.1, -0.05) is 23.4 Å².